The van der Waals surface area contributed by atoms with Gasteiger partial charge in [0.05, 0.1) is 12.2 Å². The first-order chi connectivity index (χ1) is 13.4. The predicted octanol–water partition coefficient (Wildman–Crippen LogP) is 3.20. The molecule has 28 heavy (non-hydrogen) atoms. The van der Waals surface area contributed by atoms with Crippen molar-refractivity contribution in [1.29, 1.82) is 0 Å². The standard InChI is InChI=1S/C20H23ClN6O/c1-12-13(2)24-26(14(12)3)11-19-23-22-18-10-25(20(28)15(4)27(18)19)9-16-7-5-6-8-17(16)21/h5-8,15H,9-11H2,1-4H3/t15-/m0/s1. The maximum atomic E-state index is 13.0. The van der Waals surface area contributed by atoms with Gasteiger partial charge in [-0.3, -0.25) is 14.0 Å². The van der Waals surface area contributed by atoms with E-state index in [0.717, 1.165) is 28.6 Å². The maximum absolute atomic E-state index is 13.0. The van der Waals surface area contributed by atoms with Gasteiger partial charge in [0.2, 0.25) is 5.91 Å². The van der Waals surface area contributed by atoms with E-state index in [2.05, 4.69) is 22.2 Å². The molecule has 7 nitrogen and oxygen atoms in total. The zero-order chi connectivity index (χ0) is 20.0. The molecular formula is C20H23ClN6O. The number of carbonyl (C=O) groups is 1. The molecule has 0 radical (unpaired) electrons. The van der Waals surface area contributed by atoms with E-state index in [1.54, 1.807) is 4.90 Å². The maximum Gasteiger partial charge on any atom is 0.246 e. The number of halogens is 1. The minimum absolute atomic E-state index is 0.0398. The lowest BCUT2D eigenvalue weighted by molar-refractivity contribution is -0.137. The average molecular weight is 399 g/mol. The molecule has 0 fully saturated rings. The van der Waals surface area contributed by atoms with Crippen molar-refractivity contribution < 1.29 is 4.79 Å². The summed E-state index contributed by atoms with van der Waals surface area (Å²) >= 11 is 6.27. The second-order valence-corrected chi connectivity index (χ2v) is 7.72. The summed E-state index contributed by atoms with van der Waals surface area (Å²) in [7, 11) is 0. The van der Waals surface area contributed by atoms with Crippen molar-refractivity contribution in [3.63, 3.8) is 0 Å². The molecule has 3 aromatic rings. The monoisotopic (exact) mass is 398 g/mol. The normalized spacial score (nSPS) is 16.5. The molecule has 8 heteroatoms. The van der Waals surface area contributed by atoms with Crippen LogP contribution in [0.2, 0.25) is 5.02 Å². The topological polar surface area (TPSA) is 68.8 Å². The van der Waals surface area contributed by atoms with E-state index in [0.29, 0.717) is 24.7 Å². The number of amides is 1. The summed E-state index contributed by atoms with van der Waals surface area (Å²) in [6.07, 6.45) is 0. The largest absolute Gasteiger partial charge is 0.329 e. The molecule has 1 atom stereocenters. The Kier molecular flexibility index (Phi) is 4.71. The van der Waals surface area contributed by atoms with Crippen molar-refractivity contribution in [1.82, 2.24) is 29.4 Å². The highest BCUT2D eigenvalue weighted by atomic mass is 35.5. The minimum Gasteiger partial charge on any atom is -0.329 e. The average Bonchev–Trinajstić information content (AvgIpc) is 3.18. The summed E-state index contributed by atoms with van der Waals surface area (Å²) in [5, 5.41) is 14.0. The Morgan fingerprint density at radius 2 is 1.89 bits per heavy atom. The molecule has 0 bridgehead atoms. The molecular weight excluding hydrogens is 376 g/mol. The number of carbonyl (C=O) groups excluding carboxylic acids is 1. The molecule has 3 heterocycles. The number of hydrogen-bond acceptors (Lipinski definition) is 4. The quantitative estimate of drug-likeness (QED) is 0.676. The lowest BCUT2D eigenvalue weighted by Gasteiger charge is -2.32. The summed E-state index contributed by atoms with van der Waals surface area (Å²) in [5.74, 6) is 1.57. The highest BCUT2D eigenvalue weighted by Crippen LogP contribution is 2.26. The van der Waals surface area contributed by atoms with Crippen molar-refractivity contribution >= 4 is 17.5 Å². The Morgan fingerprint density at radius 3 is 2.57 bits per heavy atom. The van der Waals surface area contributed by atoms with Gasteiger partial charge >= 0.3 is 0 Å². The molecule has 146 valence electrons. The highest BCUT2D eigenvalue weighted by Gasteiger charge is 2.33. The molecule has 1 aliphatic heterocycles. The molecule has 0 aliphatic carbocycles. The molecule has 0 saturated heterocycles. The van der Waals surface area contributed by atoms with Crippen molar-refractivity contribution in [3.8, 4) is 0 Å². The first kappa shape index (κ1) is 18.7. The molecule has 1 aromatic carbocycles. The van der Waals surface area contributed by atoms with Crippen LogP contribution >= 0.6 is 11.6 Å². The Labute approximate surface area is 168 Å². The molecule has 0 saturated carbocycles. The van der Waals surface area contributed by atoms with Gasteiger partial charge in [-0.1, -0.05) is 29.8 Å². The Hall–Kier alpha value is -2.67. The van der Waals surface area contributed by atoms with Crippen molar-refractivity contribution in [2.75, 3.05) is 0 Å². The Balaban J connectivity index is 1.61. The third-order valence-electron chi connectivity index (χ3n) is 5.58. The summed E-state index contributed by atoms with van der Waals surface area (Å²) in [5.41, 5.74) is 4.21. The van der Waals surface area contributed by atoms with E-state index in [1.807, 2.05) is 54.3 Å². The summed E-state index contributed by atoms with van der Waals surface area (Å²) < 4.78 is 3.87. The second-order valence-electron chi connectivity index (χ2n) is 7.32. The van der Waals surface area contributed by atoms with Crippen molar-refractivity contribution in [3.05, 3.63) is 63.5 Å². The van der Waals surface area contributed by atoms with Crippen molar-refractivity contribution in [2.45, 2.75) is 53.4 Å². The van der Waals surface area contributed by atoms with E-state index in [4.69, 9.17) is 11.6 Å². The Morgan fingerprint density at radius 1 is 1.14 bits per heavy atom. The van der Waals surface area contributed by atoms with E-state index in [-0.39, 0.29) is 11.9 Å². The fourth-order valence-corrected chi connectivity index (χ4v) is 3.88. The van der Waals surface area contributed by atoms with Gasteiger partial charge in [0.25, 0.3) is 0 Å². The van der Waals surface area contributed by atoms with Gasteiger partial charge in [0.1, 0.15) is 12.6 Å². The van der Waals surface area contributed by atoms with Crippen LogP contribution in [0.15, 0.2) is 24.3 Å². The van der Waals surface area contributed by atoms with Crippen LogP contribution in [-0.4, -0.2) is 35.4 Å². The van der Waals surface area contributed by atoms with Crippen molar-refractivity contribution in [2.24, 2.45) is 0 Å². The van der Waals surface area contributed by atoms with Gasteiger partial charge in [0, 0.05) is 17.3 Å². The van der Waals surface area contributed by atoms with E-state index >= 15 is 0 Å². The van der Waals surface area contributed by atoms with E-state index in [1.165, 1.54) is 5.56 Å². The molecule has 0 spiro atoms. The SMILES string of the molecule is Cc1nn(Cc2nnc3n2[C@@H](C)C(=O)N(Cc2ccccc2Cl)C3)c(C)c1C. The number of aryl methyl sites for hydroxylation is 1. The number of rotatable bonds is 4. The van der Waals surface area contributed by atoms with Gasteiger partial charge in [0.15, 0.2) is 11.6 Å². The molecule has 1 amide bonds. The second kappa shape index (κ2) is 7.05. The molecule has 2 aromatic heterocycles. The number of benzene rings is 1. The van der Waals surface area contributed by atoms with Gasteiger partial charge < -0.3 is 4.90 Å². The van der Waals surface area contributed by atoms with E-state index in [9.17, 15) is 4.79 Å². The lowest BCUT2D eigenvalue weighted by Crippen LogP contribution is -2.41. The van der Waals surface area contributed by atoms with Crippen LogP contribution in [0, 0.1) is 20.8 Å². The van der Waals surface area contributed by atoms with Crippen LogP contribution in [0.1, 0.15) is 47.1 Å². The smallest absolute Gasteiger partial charge is 0.246 e. The summed E-state index contributed by atoms with van der Waals surface area (Å²) in [4.78, 5) is 14.8. The van der Waals surface area contributed by atoms with Crippen LogP contribution in [-0.2, 0) is 24.4 Å². The van der Waals surface area contributed by atoms with E-state index < -0.39 is 0 Å². The first-order valence-electron chi connectivity index (χ1n) is 9.32. The molecule has 0 N–H and O–H groups in total. The zero-order valence-electron chi connectivity index (χ0n) is 16.5. The summed E-state index contributed by atoms with van der Waals surface area (Å²) in [6.45, 7) is 9.37. The van der Waals surface area contributed by atoms with Gasteiger partial charge in [-0.25, -0.2) is 0 Å². The first-order valence-corrected chi connectivity index (χ1v) is 9.70. The van der Waals surface area contributed by atoms with Crippen LogP contribution in [0.3, 0.4) is 0 Å². The third-order valence-corrected chi connectivity index (χ3v) is 5.95. The molecule has 0 unspecified atom stereocenters. The van der Waals surface area contributed by atoms with Crippen LogP contribution < -0.4 is 0 Å². The zero-order valence-corrected chi connectivity index (χ0v) is 17.2. The highest BCUT2D eigenvalue weighted by molar-refractivity contribution is 6.31. The minimum atomic E-state index is -0.366. The van der Waals surface area contributed by atoms with Gasteiger partial charge in [-0.15, -0.1) is 10.2 Å². The van der Waals surface area contributed by atoms with Crippen LogP contribution in [0.25, 0.3) is 0 Å². The van der Waals surface area contributed by atoms with Gasteiger partial charge in [-0.2, -0.15) is 5.10 Å². The number of nitrogens with zero attached hydrogens (tertiary/aromatic N) is 6. The molecule has 4 rings (SSSR count). The third kappa shape index (κ3) is 3.09. The number of hydrogen-bond donors (Lipinski definition) is 0. The fourth-order valence-electron chi connectivity index (χ4n) is 3.69. The molecule has 1 aliphatic rings. The van der Waals surface area contributed by atoms with Crippen LogP contribution in [0.4, 0.5) is 0 Å². The Bertz CT molecular complexity index is 1050. The lowest BCUT2D eigenvalue weighted by atomic mass is 10.1. The van der Waals surface area contributed by atoms with Crippen LogP contribution in [0.5, 0.6) is 0 Å². The fraction of sp³-hybridized carbons (Fsp3) is 0.400. The van der Waals surface area contributed by atoms with Gasteiger partial charge in [-0.05, 0) is 44.9 Å². The number of fused-ring (bicyclic) bond motifs is 1. The summed E-state index contributed by atoms with van der Waals surface area (Å²) in [6, 6.07) is 7.22. The number of aromatic nitrogens is 5. The predicted molar refractivity (Wildman–Crippen MR) is 106 cm³/mol.